The lowest BCUT2D eigenvalue weighted by Crippen LogP contribution is -2.10. The SMILES string of the molecule is CCC(=O)Oc1cccc(C2CC2)c1COc1ccc(C)cc1Cl. The zero-order chi connectivity index (χ0) is 17.1. The van der Waals surface area contributed by atoms with Crippen LogP contribution in [-0.2, 0) is 11.4 Å². The number of esters is 1. The molecule has 1 aliphatic rings. The molecule has 3 rings (SSSR count). The van der Waals surface area contributed by atoms with Gasteiger partial charge in [0.1, 0.15) is 18.1 Å². The van der Waals surface area contributed by atoms with Crippen molar-refractivity contribution in [1.29, 1.82) is 0 Å². The van der Waals surface area contributed by atoms with Gasteiger partial charge in [-0.05, 0) is 55.0 Å². The lowest BCUT2D eigenvalue weighted by Gasteiger charge is -2.16. The fourth-order valence-corrected chi connectivity index (χ4v) is 2.97. The van der Waals surface area contributed by atoms with Gasteiger partial charge < -0.3 is 9.47 Å². The van der Waals surface area contributed by atoms with Gasteiger partial charge in [-0.25, -0.2) is 0 Å². The maximum absolute atomic E-state index is 11.7. The predicted molar refractivity (Wildman–Crippen MR) is 94.9 cm³/mol. The normalized spacial score (nSPS) is 13.6. The molecule has 0 N–H and O–H groups in total. The van der Waals surface area contributed by atoms with Crippen molar-refractivity contribution in [2.75, 3.05) is 0 Å². The van der Waals surface area contributed by atoms with E-state index in [0.29, 0.717) is 35.5 Å². The van der Waals surface area contributed by atoms with Crippen LogP contribution < -0.4 is 9.47 Å². The van der Waals surface area contributed by atoms with Gasteiger partial charge in [0.2, 0.25) is 0 Å². The second-order valence-corrected chi connectivity index (χ2v) is 6.56. The van der Waals surface area contributed by atoms with Crippen LogP contribution in [0, 0.1) is 6.92 Å². The van der Waals surface area contributed by atoms with Gasteiger partial charge in [0.25, 0.3) is 0 Å². The van der Waals surface area contributed by atoms with Crippen LogP contribution in [-0.4, -0.2) is 5.97 Å². The number of hydrogen-bond donors (Lipinski definition) is 0. The number of carbonyl (C=O) groups is 1. The Morgan fingerprint density at radius 2 is 2.00 bits per heavy atom. The third-order valence-corrected chi connectivity index (χ3v) is 4.45. The van der Waals surface area contributed by atoms with E-state index < -0.39 is 0 Å². The molecule has 0 aliphatic heterocycles. The summed E-state index contributed by atoms with van der Waals surface area (Å²) in [6, 6.07) is 11.6. The molecule has 3 nitrogen and oxygen atoms in total. The van der Waals surface area contributed by atoms with E-state index in [1.54, 1.807) is 6.92 Å². The highest BCUT2D eigenvalue weighted by Crippen LogP contribution is 2.44. The molecule has 0 bridgehead atoms. The molecule has 2 aromatic rings. The van der Waals surface area contributed by atoms with E-state index in [4.69, 9.17) is 21.1 Å². The Kier molecular flexibility index (Phi) is 5.10. The van der Waals surface area contributed by atoms with E-state index in [2.05, 4.69) is 6.07 Å². The monoisotopic (exact) mass is 344 g/mol. The summed E-state index contributed by atoms with van der Waals surface area (Å²) in [5, 5.41) is 0.589. The Labute approximate surface area is 147 Å². The summed E-state index contributed by atoms with van der Waals surface area (Å²) in [5.41, 5.74) is 3.24. The summed E-state index contributed by atoms with van der Waals surface area (Å²) in [4.78, 5) is 11.7. The fourth-order valence-electron chi connectivity index (χ4n) is 2.68. The molecule has 0 unspecified atom stereocenters. The van der Waals surface area contributed by atoms with E-state index in [-0.39, 0.29) is 5.97 Å². The van der Waals surface area contributed by atoms with Crippen molar-refractivity contribution in [3.8, 4) is 11.5 Å². The van der Waals surface area contributed by atoms with Crippen LogP contribution in [0.3, 0.4) is 0 Å². The van der Waals surface area contributed by atoms with Crippen LogP contribution in [0.1, 0.15) is 48.8 Å². The lowest BCUT2D eigenvalue weighted by atomic mass is 10.0. The van der Waals surface area contributed by atoms with Crippen LogP contribution >= 0.6 is 11.6 Å². The van der Waals surface area contributed by atoms with Crippen molar-refractivity contribution < 1.29 is 14.3 Å². The molecule has 0 heterocycles. The molecular formula is C20H21ClO3. The summed E-state index contributed by atoms with van der Waals surface area (Å²) < 4.78 is 11.4. The zero-order valence-corrected chi connectivity index (χ0v) is 14.7. The van der Waals surface area contributed by atoms with Crippen molar-refractivity contribution >= 4 is 17.6 Å². The smallest absolute Gasteiger partial charge is 0.310 e. The second kappa shape index (κ2) is 7.27. The summed E-state index contributed by atoms with van der Waals surface area (Å²) in [5.74, 6) is 1.53. The highest BCUT2D eigenvalue weighted by atomic mass is 35.5. The quantitative estimate of drug-likeness (QED) is 0.518. The number of hydrogen-bond acceptors (Lipinski definition) is 3. The van der Waals surface area contributed by atoms with Gasteiger partial charge in [0, 0.05) is 12.0 Å². The molecule has 0 aromatic heterocycles. The van der Waals surface area contributed by atoms with Crippen LogP contribution in [0.5, 0.6) is 11.5 Å². The Morgan fingerprint density at radius 1 is 1.21 bits per heavy atom. The van der Waals surface area contributed by atoms with Gasteiger partial charge in [-0.2, -0.15) is 0 Å². The Hall–Kier alpha value is -2.00. The maximum atomic E-state index is 11.7. The van der Waals surface area contributed by atoms with Crippen LogP contribution in [0.15, 0.2) is 36.4 Å². The van der Waals surface area contributed by atoms with E-state index in [0.717, 1.165) is 11.1 Å². The van der Waals surface area contributed by atoms with Gasteiger partial charge in [0.15, 0.2) is 0 Å². The minimum absolute atomic E-state index is 0.238. The Balaban J connectivity index is 1.85. The Bertz CT molecular complexity index is 751. The van der Waals surface area contributed by atoms with Gasteiger partial charge in [-0.15, -0.1) is 0 Å². The molecule has 1 saturated carbocycles. The summed E-state index contributed by atoms with van der Waals surface area (Å²) in [6.45, 7) is 4.11. The zero-order valence-electron chi connectivity index (χ0n) is 14.0. The first kappa shape index (κ1) is 16.8. The molecule has 0 amide bonds. The fraction of sp³-hybridized carbons (Fsp3) is 0.350. The summed E-state index contributed by atoms with van der Waals surface area (Å²) >= 11 is 6.25. The van der Waals surface area contributed by atoms with Crippen LogP contribution in [0.25, 0.3) is 0 Å². The number of rotatable bonds is 6. The number of carbonyl (C=O) groups excluding carboxylic acids is 1. The summed E-state index contributed by atoms with van der Waals surface area (Å²) in [7, 11) is 0. The van der Waals surface area contributed by atoms with Gasteiger partial charge in [-0.1, -0.05) is 36.7 Å². The van der Waals surface area contributed by atoms with Crippen molar-refractivity contribution in [3.05, 3.63) is 58.1 Å². The van der Waals surface area contributed by atoms with Crippen molar-refractivity contribution in [1.82, 2.24) is 0 Å². The van der Waals surface area contributed by atoms with Crippen molar-refractivity contribution in [2.24, 2.45) is 0 Å². The van der Waals surface area contributed by atoms with Crippen LogP contribution in [0.2, 0.25) is 5.02 Å². The van der Waals surface area contributed by atoms with Crippen molar-refractivity contribution in [3.63, 3.8) is 0 Å². The highest BCUT2D eigenvalue weighted by Gasteiger charge is 2.28. The molecule has 24 heavy (non-hydrogen) atoms. The van der Waals surface area contributed by atoms with Crippen LogP contribution in [0.4, 0.5) is 0 Å². The number of aryl methyl sites for hydroxylation is 1. The molecule has 2 aromatic carbocycles. The first-order chi connectivity index (χ1) is 11.6. The first-order valence-electron chi connectivity index (χ1n) is 8.30. The average molecular weight is 345 g/mol. The maximum Gasteiger partial charge on any atom is 0.310 e. The predicted octanol–water partition coefficient (Wildman–Crippen LogP) is 5.42. The van der Waals surface area contributed by atoms with E-state index in [1.165, 1.54) is 18.4 Å². The second-order valence-electron chi connectivity index (χ2n) is 6.15. The van der Waals surface area contributed by atoms with E-state index >= 15 is 0 Å². The third-order valence-electron chi connectivity index (χ3n) is 4.16. The highest BCUT2D eigenvalue weighted by molar-refractivity contribution is 6.32. The molecule has 126 valence electrons. The van der Waals surface area contributed by atoms with E-state index in [9.17, 15) is 4.79 Å². The molecule has 0 spiro atoms. The molecule has 4 heteroatoms. The Morgan fingerprint density at radius 3 is 2.67 bits per heavy atom. The largest absolute Gasteiger partial charge is 0.487 e. The number of ether oxygens (including phenoxy) is 2. The molecule has 0 atom stereocenters. The third kappa shape index (κ3) is 3.90. The number of halogens is 1. The van der Waals surface area contributed by atoms with E-state index in [1.807, 2.05) is 37.3 Å². The molecule has 1 fully saturated rings. The summed E-state index contributed by atoms with van der Waals surface area (Å²) in [6.07, 6.45) is 2.69. The molecule has 0 saturated heterocycles. The number of benzene rings is 2. The minimum Gasteiger partial charge on any atom is -0.487 e. The van der Waals surface area contributed by atoms with Crippen molar-refractivity contribution in [2.45, 2.75) is 45.6 Å². The standard InChI is InChI=1S/C20H21ClO3/c1-3-20(22)24-18-6-4-5-15(14-8-9-14)16(18)12-23-19-10-7-13(2)11-17(19)21/h4-7,10-11,14H,3,8-9,12H2,1-2H3. The molecular weight excluding hydrogens is 324 g/mol. The van der Waals surface area contributed by atoms with Gasteiger partial charge >= 0.3 is 5.97 Å². The van der Waals surface area contributed by atoms with Gasteiger partial charge in [-0.3, -0.25) is 4.79 Å². The first-order valence-corrected chi connectivity index (χ1v) is 8.67. The molecule has 1 aliphatic carbocycles. The minimum atomic E-state index is -0.238. The van der Waals surface area contributed by atoms with Gasteiger partial charge in [0.05, 0.1) is 5.02 Å². The molecule has 0 radical (unpaired) electrons. The average Bonchev–Trinajstić information content (AvgIpc) is 3.39. The lowest BCUT2D eigenvalue weighted by molar-refractivity contribution is -0.134. The topological polar surface area (TPSA) is 35.5 Å².